The third kappa shape index (κ3) is 6.12. The van der Waals surface area contributed by atoms with E-state index < -0.39 is 16.1 Å². The Bertz CT molecular complexity index is 890. The Labute approximate surface area is 171 Å². The van der Waals surface area contributed by atoms with Crippen molar-refractivity contribution in [1.29, 1.82) is 0 Å². The summed E-state index contributed by atoms with van der Waals surface area (Å²) in [5.41, 5.74) is 1.76. The summed E-state index contributed by atoms with van der Waals surface area (Å²) in [6, 6.07) is 5.43. The van der Waals surface area contributed by atoms with E-state index in [9.17, 15) is 13.2 Å². The summed E-state index contributed by atoms with van der Waals surface area (Å²) >= 11 is 1.56. The first-order valence-corrected chi connectivity index (χ1v) is 11.8. The number of benzene rings is 1. The number of rotatable bonds is 9. The Balaban J connectivity index is 2.15. The maximum Gasteiger partial charge on any atom is 0.241 e. The van der Waals surface area contributed by atoms with Gasteiger partial charge in [0, 0.05) is 5.38 Å². The van der Waals surface area contributed by atoms with Gasteiger partial charge in [0.05, 0.1) is 21.6 Å². The molecule has 2 N–H and O–H groups in total. The lowest BCUT2D eigenvalue weighted by molar-refractivity contribution is -0.123. The van der Waals surface area contributed by atoms with Crippen LogP contribution in [0.4, 0.5) is 0 Å². The smallest absolute Gasteiger partial charge is 0.241 e. The number of nitrogens with one attached hydrogen (secondary N) is 2. The second-order valence-corrected chi connectivity index (χ2v) is 10.0. The minimum atomic E-state index is -3.79. The minimum Gasteiger partial charge on any atom is -0.347 e. The third-order valence-electron chi connectivity index (χ3n) is 4.33. The Morgan fingerprint density at radius 2 is 1.82 bits per heavy atom. The first-order chi connectivity index (χ1) is 13.1. The van der Waals surface area contributed by atoms with Gasteiger partial charge in [0.15, 0.2) is 0 Å². The molecule has 2 aromatic rings. The molecule has 154 valence electrons. The summed E-state index contributed by atoms with van der Waals surface area (Å²) in [5, 5.41) is 5.84. The van der Waals surface area contributed by atoms with Gasteiger partial charge in [-0.25, -0.2) is 13.4 Å². The van der Waals surface area contributed by atoms with E-state index in [0.29, 0.717) is 6.42 Å². The van der Waals surface area contributed by atoms with Crippen LogP contribution in [-0.2, 0) is 21.2 Å². The number of nitrogens with zero attached hydrogens (tertiary/aromatic N) is 1. The molecule has 0 radical (unpaired) electrons. The number of amides is 1. The van der Waals surface area contributed by atoms with Gasteiger partial charge < -0.3 is 5.32 Å². The molecule has 1 aromatic heterocycles. The van der Waals surface area contributed by atoms with E-state index in [1.54, 1.807) is 35.6 Å². The Hall–Kier alpha value is -1.77. The summed E-state index contributed by atoms with van der Waals surface area (Å²) < 4.78 is 28.0. The summed E-state index contributed by atoms with van der Waals surface area (Å²) in [6.45, 7) is 9.69. The average molecular weight is 424 g/mol. The highest BCUT2D eigenvalue weighted by molar-refractivity contribution is 7.89. The van der Waals surface area contributed by atoms with Gasteiger partial charge >= 0.3 is 0 Å². The monoisotopic (exact) mass is 423 g/mol. The van der Waals surface area contributed by atoms with Crippen LogP contribution in [0.25, 0.3) is 0 Å². The maximum atomic E-state index is 12.8. The van der Waals surface area contributed by atoms with Crippen LogP contribution in [0.2, 0.25) is 0 Å². The number of carbonyl (C=O) groups is 1. The fraction of sp³-hybridized carbons (Fsp3) is 0.500. The molecule has 6 nitrogen and oxygen atoms in total. The molecule has 0 saturated heterocycles. The second kappa shape index (κ2) is 9.62. The molecular formula is C20H29N3O3S2. The van der Waals surface area contributed by atoms with Crippen LogP contribution in [0.5, 0.6) is 0 Å². The zero-order valence-electron chi connectivity index (χ0n) is 17.0. The second-order valence-electron chi connectivity index (χ2n) is 7.37. The average Bonchev–Trinajstić information content (AvgIpc) is 3.10. The highest BCUT2D eigenvalue weighted by Gasteiger charge is 2.28. The fourth-order valence-electron chi connectivity index (χ4n) is 2.73. The number of thiazole rings is 1. The van der Waals surface area contributed by atoms with Crippen molar-refractivity contribution in [2.75, 3.05) is 0 Å². The van der Waals surface area contributed by atoms with Crippen molar-refractivity contribution in [2.24, 2.45) is 5.92 Å². The van der Waals surface area contributed by atoms with Crippen molar-refractivity contribution in [3.8, 4) is 0 Å². The van der Waals surface area contributed by atoms with Gasteiger partial charge in [-0.05, 0) is 44.7 Å². The third-order valence-corrected chi connectivity index (χ3v) is 6.83. The molecule has 2 unspecified atom stereocenters. The number of aryl methyl sites for hydroxylation is 2. The Morgan fingerprint density at radius 3 is 2.36 bits per heavy atom. The van der Waals surface area contributed by atoms with Gasteiger partial charge in [-0.1, -0.05) is 38.5 Å². The molecule has 1 heterocycles. The van der Waals surface area contributed by atoms with Crippen LogP contribution in [0.3, 0.4) is 0 Å². The molecule has 8 heteroatoms. The van der Waals surface area contributed by atoms with Crippen LogP contribution >= 0.6 is 11.3 Å². The molecule has 0 aliphatic carbocycles. The lowest BCUT2D eigenvalue weighted by Gasteiger charge is -2.22. The fourth-order valence-corrected chi connectivity index (χ4v) is 4.77. The topological polar surface area (TPSA) is 88.2 Å². The van der Waals surface area contributed by atoms with Crippen LogP contribution in [0, 0.1) is 12.8 Å². The van der Waals surface area contributed by atoms with Crippen LogP contribution in [-0.4, -0.2) is 25.4 Å². The van der Waals surface area contributed by atoms with Crippen molar-refractivity contribution in [3.63, 3.8) is 0 Å². The molecule has 0 bridgehead atoms. The zero-order chi connectivity index (χ0) is 20.9. The van der Waals surface area contributed by atoms with Crippen molar-refractivity contribution >= 4 is 27.3 Å². The van der Waals surface area contributed by atoms with Crippen molar-refractivity contribution in [3.05, 3.63) is 45.9 Å². The Morgan fingerprint density at radius 1 is 1.18 bits per heavy atom. The predicted octanol–water partition coefficient (Wildman–Crippen LogP) is 3.58. The number of hydrogen-bond donors (Lipinski definition) is 2. The van der Waals surface area contributed by atoms with E-state index in [4.69, 9.17) is 0 Å². The Kier molecular flexibility index (Phi) is 7.74. The molecule has 1 aromatic carbocycles. The molecule has 28 heavy (non-hydrogen) atoms. The minimum absolute atomic E-state index is 0.151. The summed E-state index contributed by atoms with van der Waals surface area (Å²) in [6.07, 6.45) is 1.25. The van der Waals surface area contributed by atoms with Crippen LogP contribution in [0.1, 0.15) is 56.4 Å². The predicted molar refractivity (Wildman–Crippen MR) is 113 cm³/mol. The van der Waals surface area contributed by atoms with Crippen LogP contribution < -0.4 is 10.0 Å². The molecule has 0 spiro atoms. The van der Waals surface area contributed by atoms with Gasteiger partial charge in [-0.3, -0.25) is 4.79 Å². The van der Waals surface area contributed by atoms with Gasteiger partial charge in [0.1, 0.15) is 6.04 Å². The lowest BCUT2D eigenvalue weighted by Crippen LogP contribution is -2.47. The molecule has 0 aliphatic heterocycles. The summed E-state index contributed by atoms with van der Waals surface area (Å²) in [4.78, 5) is 17.5. The standard InChI is InChI=1S/C20H29N3O3S2/c1-6-19-22-18(12-27-19)15(5)21-20(24)17(11-13(2)3)23-28(25,26)16-9-7-14(4)8-10-16/h7-10,12-13,15,17,23H,6,11H2,1-5H3,(H,21,24). The molecule has 1 amide bonds. The highest BCUT2D eigenvalue weighted by Crippen LogP contribution is 2.18. The molecule has 2 rings (SSSR count). The normalized spacial score (nSPS) is 14.1. The molecule has 0 saturated carbocycles. The number of aromatic nitrogens is 1. The summed E-state index contributed by atoms with van der Waals surface area (Å²) in [5.74, 6) is -0.194. The first kappa shape index (κ1) is 22.5. The SMILES string of the molecule is CCc1nc(C(C)NC(=O)C(CC(C)C)NS(=O)(=O)c2ccc(C)cc2)cs1. The van der Waals surface area contributed by atoms with Gasteiger partial charge in [0.2, 0.25) is 15.9 Å². The first-order valence-electron chi connectivity index (χ1n) is 9.46. The van der Waals surface area contributed by atoms with Crippen molar-refractivity contribution in [2.45, 2.75) is 64.4 Å². The van der Waals surface area contributed by atoms with Gasteiger partial charge in [-0.2, -0.15) is 4.72 Å². The highest BCUT2D eigenvalue weighted by atomic mass is 32.2. The quantitative estimate of drug-likeness (QED) is 0.645. The summed E-state index contributed by atoms with van der Waals surface area (Å²) in [7, 11) is -3.79. The molecular weight excluding hydrogens is 394 g/mol. The van der Waals surface area contributed by atoms with Gasteiger partial charge in [0.25, 0.3) is 0 Å². The van der Waals surface area contributed by atoms with E-state index in [-0.39, 0.29) is 22.8 Å². The van der Waals surface area contributed by atoms with Crippen molar-refractivity contribution < 1.29 is 13.2 Å². The number of sulfonamides is 1. The molecule has 0 aliphatic rings. The van der Waals surface area contributed by atoms with Gasteiger partial charge in [-0.15, -0.1) is 11.3 Å². The molecule has 0 fully saturated rings. The van der Waals surface area contributed by atoms with Crippen LogP contribution in [0.15, 0.2) is 34.5 Å². The van der Waals surface area contributed by atoms with E-state index in [0.717, 1.165) is 22.7 Å². The largest absolute Gasteiger partial charge is 0.347 e. The van der Waals surface area contributed by atoms with E-state index in [1.165, 1.54) is 0 Å². The van der Waals surface area contributed by atoms with Crippen molar-refractivity contribution in [1.82, 2.24) is 15.0 Å². The van der Waals surface area contributed by atoms with E-state index in [1.807, 2.05) is 40.0 Å². The molecule has 2 atom stereocenters. The number of carbonyl (C=O) groups excluding carboxylic acids is 1. The zero-order valence-corrected chi connectivity index (χ0v) is 18.7. The lowest BCUT2D eigenvalue weighted by atomic mass is 10.0. The maximum absolute atomic E-state index is 12.8. The number of hydrogen-bond acceptors (Lipinski definition) is 5. The van der Waals surface area contributed by atoms with E-state index >= 15 is 0 Å². The van der Waals surface area contributed by atoms with E-state index in [2.05, 4.69) is 15.0 Å².